The fourth-order valence-electron chi connectivity index (χ4n) is 1.12. The lowest BCUT2D eigenvalue weighted by Gasteiger charge is -2.06. The summed E-state index contributed by atoms with van der Waals surface area (Å²) < 4.78 is 47.0. The van der Waals surface area contributed by atoms with E-state index in [1.165, 1.54) is 18.3 Å². The molecule has 18 heavy (non-hydrogen) atoms. The molecule has 0 unspecified atom stereocenters. The molecule has 3 N–H and O–H groups in total. The molecule has 0 spiro atoms. The van der Waals surface area contributed by atoms with Gasteiger partial charge in [-0.15, -0.1) is 0 Å². The van der Waals surface area contributed by atoms with Gasteiger partial charge in [0.15, 0.2) is 0 Å². The molecule has 1 heterocycles. The molecule has 0 aromatic carbocycles. The predicted molar refractivity (Wildman–Crippen MR) is 67.0 cm³/mol. The van der Waals surface area contributed by atoms with Crippen LogP contribution < -0.4 is 9.86 Å². The van der Waals surface area contributed by atoms with Crippen molar-refractivity contribution in [3.05, 3.63) is 23.5 Å². The molecule has 0 aliphatic heterocycles. The Morgan fingerprint density at radius 2 is 2.00 bits per heavy atom. The van der Waals surface area contributed by atoms with Gasteiger partial charge in [-0.3, -0.25) is 0 Å². The number of nitrogens with one attached hydrogen (secondary N) is 1. The minimum Gasteiger partial charge on any atom is -0.244 e. The van der Waals surface area contributed by atoms with Gasteiger partial charge >= 0.3 is 0 Å². The quantitative estimate of drug-likeness (QED) is 0.551. The number of nitrogens with two attached hydrogens (primary N) is 1. The number of pyridine rings is 1. The Bertz CT molecular complexity index is 615. The van der Waals surface area contributed by atoms with Crippen LogP contribution in [0.1, 0.15) is 6.42 Å². The zero-order valence-electron chi connectivity index (χ0n) is 9.21. The number of hydrogen-bond donors (Lipinski definition) is 2. The largest absolute Gasteiger partial charge is 0.244 e. The van der Waals surface area contributed by atoms with E-state index in [0.29, 0.717) is 0 Å². The van der Waals surface area contributed by atoms with Crippen molar-refractivity contribution in [3.8, 4) is 0 Å². The summed E-state index contributed by atoms with van der Waals surface area (Å²) in [6.07, 6.45) is 1.36. The second-order valence-corrected chi connectivity index (χ2v) is 7.32. The highest BCUT2D eigenvalue weighted by Gasteiger charge is 2.14. The summed E-state index contributed by atoms with van der Waals surface area (Å²) in [4.78, 5) is 3.63. The number of aromatic nitrogens is 1. The smallest absolute Gasteiger partial charge is 0.240 e. The number of hydrogen-bond acceptors (Lipinski definition) is 5. The van der Waals surface area contributed by atoms with Gasteiger partial charge in [-0.2, -0.15) is 0 Å². The van der Waals surface area contributed by atoms with E-state index in [9.17, 15) is 16.8 Å². The fourth-order valence-corrected chi connectivity index (χ4v) is 2.99. The molecular weight excluding hydrogens is 302 g/mol. The highest BCUT2D eigenvalue weighted by Crippen LogP contribution is 2.12. The zero-order valence-corrected chi connectivity index (χ0v) is 11.6. The number of nitrogens with zero attached hydrogens (tertiary/aromatic N) is 1. The topological polar surface area (TPSA) is 119 Å². The zero-order chi connectivity index (χ0) is 13.8. The van der Waals surface area contributed by atoms with Crippen LogP contribution in [0.5, 0.6) is 0 Å². The maximum atomic E-state index is 11.7. The molecule has 1 aromatic rings. The summed E-state index contributed by atoms with van der Waals surface area (Å²) >= 11 is 5.57. The molecule has 10 heteroatoms. The Hall–Kier alpha value is -0.740. The Labute approximate surface area is 110 Å². The summed E-state index contributed by atoms with van der Waals surface area (Å²) in [7, 11) is -7.29. The number of sulfonamides is 2. The SMILES string of the molecule is NS(=O)(=O)CCCNS(=O)(=O)c1ccnc(Cl)c1. The molecule has 0 atom stereocenters. The number of primary sulfonamides is 1. The summed E-state index contributed by atoms with van der Waals surface area (Å²) in [6.45, 7) is -0.0291. The van der Waals surface area contributed by atoms with Crippen molar-refractivity contribution >= 4 is 31.6 Å². The second-order valence-electron chi connectivity index (χ2n) is 3.43. The highest BCUT2D eigenvalue weighted by atomic mass is 35.5. The van der Waals surface area contributed by atoms with Crippen molar-refractivity contribution in [1.29, 1.82) is 0 Å². The molecule has 1 aromatic heterocycles. The lowest BCUT2D eigenvalue weighted by atomic mass is 10.5. The van der Waals surface area contributed by atoms with E-state index in [1.54, 1.807) is 0 Å². The first-order valence-corrected chi connectivity index (χ1v) is 8.40. The van der Waals surface area contributed by atoms with E-state index in [0.717, 1.165) is 0 Å². The minimum atomic E-state index is -3.71. The normalized spacial score (nSPS) is 12.6. The van der Waals surface area contributed by atoms with Crippen molar-refractivity contribution in [1.82, 2.24) is 9.71 Å². The van der Waals surface area contributed by atoms with Crippen LogP contribution >= 0.6 is 11.6 Å². The van der Waals surface area contributed by atoms with Crippen molar-refractivity contribution in [2.24, 2.45) is 5.14 Å². The van der Waals surface area contributed by atoms with Gasteiger partial charge < -0.3 is 0 Å². The molecule has 0 saturated carbocycles. The van der Waals surface area contributed by atoms with Crippen molar-refractivity contribution < 1.29 is 16.8 Å². The van der Waals surface area contributed by atoms with E-state index in [4.69, 9.17) is 16.7 Å². The van der Waals surface area contributed by atoms with Crippen molar-refractivity contribution in [2.45, 2.75) is 11.3 Å². The molecule has 0 aliphatic carbocycles. The molecule has 102 valence electrons. The maximum Gasteiger partial charge on any atom is 0.240 e. The van der Waals surface area contributed by atoms with E-state index >= 15 is 0 Å². The van der Waals surface area contributed by atoms with Gasteiger partial charge in [0.25, 0.3) is 0 Å². The highest BCUT2D eigenvalue weighted by molar-refractivity contribution is 7.89. The van der Waals surface area contributed by atoms with Gasteiger partial charge in [0.2, 0.25) is 20.0 Å². The molecule has 1 rings (SSSR count). The van der Waals surface area contributed by atoms with Gasteiger partial charge in [-0.25, -0.2) is 31.7 Å². The van der Waals surface area contributed by atoms with Crippen LogP contribution in [0.25, 0.3) is 0 Å². The lowest BCUT2D eigenvalue weighted by Crippen LogP contribution is -2.27. The molecule has 0 fully saturated rings. The van der Waals surface area contributed by atoms with Crippen LogP contribution in [-0.2, 0) is 20.0 Å². The lowest BCUT2D eigenvalue weighted by molar-refractivity contribution is 0.576. The first-order chi connectivity index (χ1) is 8.21. The Kier molecular flexibility index (Phi) is 5.05. The van der Waals surface area contributed by atoms with Crippen LogP contribution in [0.3, 0.4) is 0 Å². The Morgan fingerprint density at radius 1 is 1.33 bits per heavy atom. The maximum absolute atomic E-state index is 11.7. The third-order valence-electron chi connectivity index (χ3n) is 1.91. The van der Waals surface area contributed by atoms with Crippen LogP contribution in [-0.4, -0.2) is 34.1 Å². The molecule has 0 amide bonds. The molecular formula is C8H12ClN3O4S2. The minimum absolute atomic E-state index is 0.0291. The van der Waals surface area contributed by atoms with Gasteiger partial charge in [-0.05, 0) is 18.6 Å². The molecule has 0 radical (unpaired) electrons. The van der Waals surface area contributed by atoms with Crippen molar-refractivity contribution in [2.75, 3.05) is 12.3 Å². The summed E-state index contributed by atoms with van der Waals surface area (Å²) in [5.74, 6) is -0.285. The summed E-state index contributed by atoms with van der Waals surface area (Å²) in [6, 6.07) is 2.48. The van der Waals surface area contributed by atoms with Crippen LogP contribution in [0, 0.1) is 0 Å². The number of rotatable bonds is 6. The van der Waals surface area contributed by atoms with Gasteiger partial charge in [-0.1, -0.05) is 11.6 Å². The first kappa shape index (κ1) is 15.3. The van der Waals surface area contributed by atoms with Gasteiger partial charge in [0, 0.05) is 12.7 Å². The van der Waals surface area contributed by atoms with E-state index < -0.39 is 20.0 Å². The standard InChI is InChI=1S/C8H12ClN3O4S2/c9-8-6-7(2-4-11-8)18(15,16)12-3-1-5-17(10,13)14/h2,4,6,12H,1,3,5H2,(H2,10,13,14). The first-order valence-electron chi connectivity index (χ1n) is 4.82. The van der Waals surface area contributed by atoms with Gasteiger partial charge in [0.05, 0.1) is 10.6 Å². The Morgan fingerprint density at radius 3 is 2.56 bits per heavy atom. The van der Waals surface area contributed by atoms with Gasteiger partial charge in [0.1, 0.15) is 5.15 Å². The monoisotopic (exact) mass is 313 g/mol. The molecule has 0 saturated heterocycles. The average Bonchev–Trinajstić information content (AvgIpc) is 2.23. The van der Waals surface area contributed by atoms with E-state index in [2.05, 4.69) is 9.71 Å². The van der Waals surface area contributed by atoms with Crippen molar-refractivity contribution in [3.63, 3.8) is 0 Å². The predicted octanol–water partition coefficient (Wildman–Crippen LogP) is -0.308. The van der Waals surface area contributed by atoms with Crippen LogP contribution in [0.4, 0.5) is 0 Å². The third kappa shape index (κ3) is 5.27. The molecule has 0 bridgehead atoms. The van der Waals surface area contributed by atoms with E-state index in [1.807, 2.05) is 0 Å². The second kappa shape index (κ2) is 5.93. The van der Waals surface area contributed by atoms with E-state index in [-0.39, 0.29) is 28.8 Å². The third-order valence-corrected chi connectivity index (χ3v) is 4.43. The van der Waals surface area contributed by atoms with Crippen LogP contribution in [0.2, 0.25) is 5.15 Å². The fraction of sp³-hybridized carbons (Fsp3) is 0.375. The average molecular weight is 314 g/mol. The van der Waals surface area contributed by atoms with Crippen LogP contribution in [0.15, 0.2) is 23.2 Å². The summed E-state index contributed by atoms with van der Waals surface area (Å²) in [5.41, 5.74) is 0. The number of halogens is 1. The Balaban J connectivity index is 2.61. The molecule has 7 nitrogen and oxygen atoms in total. The summed E-state index contributed by atoms with van der Waals surface area (Å²) in [5, 5.41) is 4.84. The molecule has 0 aliphatic rings.